The van der Waals surface area contributed by atoms with Crippen molar-refractivity contribution in [3.8, 4) is 0 Å². The predicted molar refractivity (Wildman–Crippen MR) is 93.0 cm³/mol. The molecule has 8 nitrogen and oxygen atoms in total. The summed E-state index contributed by atoms with van der Waals surface area (Å²) in [5.74, 6) is -1.17. The van der Waals surface area contributed by atoms with Gasteiger partial charge in [-0.1, -0.05) is 23.2 Å². The van der Waals surface area contributed by atoms with Crippen molar-refractivity contribution in [1.82, 2.24) is 20.3 Å². The molecule has 2 aromatic heterocycles. The highest BCUT2D eigenvalue weighted by atomic mass is 35.5. The average Bonchev–Trinajstić information content (AvgIpc) is 2.77. The lowest BCUT2D eigenvalue weighted by Gasteiger charge is -2.40. The minimum atomic E-state index is -1.19. The first-order valence-corrected chi connectivity index (χ1v) is 8.27. The standard InChI is InChI=1S/C14H12Cl3N5O3/c1-5-9(15)10(16)11(18-5)12(23)19-6-3-22(4-6)8-2-7(13(24)25)20-14(17)21-8/h2,6,18H,3-4H2,1H3,(H,19,23)(H,24,25). The highest BCUT2D eigenvalue weighted by Gasteiger charge is 2.31. The summed E-state index contributed by atoms with van der Waals surface area (Å²) in [6.45, 7) is 2.61. The number of aromatic amines is 1. The molecule has 11 heteroatoms. The van der Waals surface area contributed by atoms with Crippen LogP contribution >= 0.6 is 34.8 Å². The minimum Gasteiger partial charge on any atom is -0.477 e. The molecule has 1 fully saturated rings. The number of carboxylic acids is 1. The molecule has 0 bridgehead atoms. The highest BCUT2D eigenvalue weighted by molar-refractivity contribution is 6.44. The van der Waals surface area contributed by atoms with Gasteiger partial charge in [-0.25, -0.2) is 14.8 Å². The van der Waals surface area contributed by atoms with Gasteiger partial charge >= 0.3 is 5.97 Å². The van der Waals surface area contributed by atoms with Crippen LogP contribution in [0.5, 0.6) is 0 Å². The number of rotatable bonds is 4. The van der Waals surface area contributed by atoms with Crippen LogP contribution in [-0.4, -0.2) is 51.1 Å². The van der Waals surface area contributed by atoms with E-state index < -0.39 is 5.97 Å². The monoisotopic (exact) mass is 403 g/mol. The molecule has 0 aromatic carbocycles. The predicted octanol–water partition coefficient (Wildman–Crippen LogP) is 2.39. The molecular formula is C14H12Cl3N5O3. The van der Waals surface area contributed by atoms with Crippen molar-refractivity contribution in [2.75, 3.05) is 18.0 Å². The van der Waals surface area contributed by atoms with Crippen molar-refractivity contribution in [3.05, 3.63) is 38.5 Å². The molecule has 1 amide bonds. The molecule has 3 heterocycles. The third-order valence-corrected chi connectivity index (χ3v) is 4.84. The van der Waals surface area contributed by atoms with Crippen LogP contribution in [0.2, 0.25) is 15.3 Å². The van der Waals surface area contributed by atoms with Gasteiger partial charge in [0.25, 0.3) is 5.91 Å². The van der Waals surface area contributed by atoms with E-state index in [9.17, 15) is 9.59 Å². The summed E-state index contributed by atoms with van der Waals surface area (Å²) >= 11 is 17.7. The quantitative estimate of drug-likeness (QED) is 0.675. The van der Waals surface area contributed by atoms with Gasteiger partial charge in [-0.2, -0.15) is 0 Å². The Bertz CT molecular complexity index is 864. The zero-order valence-electron chi connectivity index (χ0n) is 12.8. The van der Waals surface area contributed by atoms with Crippen molar-refractivity contribution in [2.45, 2.75) is 13.0 Å². The lowest BCUT2D eigenvalue weighted by molar-refractivity contribution is 0.0690. The Hall–Kier alpha value is -2.03. The maximum Gasteiger partial charge on any atom is 0.354 e. The number of carboxylic acid groups (broad SMARTS) is 1. The highest BCUT2D eigenvalue weighted by Crippen LogP contribution is 2.29. The lowest BCUT2D eigenvalue weighted by atomic mass is 10.1. The molecule has 25 heavy (non-hydrogen) atoms. The van der Waals surface area contributed by atoms with Crippen molar-refractivity contribution >= 4 is 52.5 Å². The zero-order chi connectivity index (χ0) is 18.3. The average molecular weight is 405 g/mol. The molecule has 2 aromatic rings. The van der Waals surface area contributed by atoms with Crippen LogP contribution in [0, 0.1) is 6.92 Å². The number of H-pyrrole nitrogens is 1. The molecule has 1 aliphatic heterocycles. The van der Waals surface area contributed by atoms with E-state index in [1.807, 2.05) is 0 Å². The third-order valence-electron chi connectivity index (χ3n) is 3.73. The van der Waals surface area contributed by atoms with Crippen LogP contribution in [0.3, 0.4) is 0 Å². The summed E-state index contributed by atoms with van der Waals surface area (Å²) in [6, 6.07) is 1.19. The summed E-state index contributed by atoms with van der Waals surface area (Å²) in [7, 11) is 0. The number of aromatic nitrogens is 3. The second kappa shape index (κ2) is 6.70. The molecule has 132 valence electrons. The summed E-state index contributed by atoms with van der Waals surface area (Å²) in [4.78, 5) is 35.5. The van der Waals surface area contributed by atoms with Gasteiger partial charge < -0.3 is 20.3 Å². The fraction of sp³-hybridized carbons (Fsp3) is 0.286. The van der Waals surface area contributed by atoms with Gasteiger partial charge in [0.15, 0.2) is 5.69 Å². The Morgan fingerprint density at radius 2 is 1.96 bits per heavy atom. The van der Waals surface area contributed by atoms with Crippen LogP contribution in [0.15, 0.2) is 6.07 Å². The number of aryl methyl sites for hydroxylation is 1. The Morgan fingerprint density at radius 3 is 2.52 bits per heavy atom. The molecule has 0 radical (unpaired) electrons. The lowest BCUT2D eigenvalue weighted by Crippen LogP contribution is -2.59. The van der Waals surface area contributed by atoms with E-state index in [1.165, 1.54) is 6.07 Å². The van der Waals surface area contributed by atoms with E-state index >= 15 is 0 Å². The van der Waals surface area contributed by atoms with Crippen LogP contribution < -0.4 is 10.2 Å². The van der Waals surface area contributed by atoms with Gasteiger partial charge in [0.05, 0.1) is 16.1 Å². The van der Waals surface area contributed by atoms with E-state index in [2.05, 4.69) is 20.3 Å². The second-order valence-electron chi connectivity index (χ2n) is 5.51. The van der Waals surface area contributed by atoms with Gasteiger partial charge in [-0.3, -0.25) is 4.79 Å². The molecule has 1 saturated heterocycles. The Labute approximate surface area is 157 Å². The number of hydrogen-bond acceptors (Lipinski definition) is 5. The van der Waals surface area contributed by atoms with Crippen molar-refractivity contribution in [2.24, 2.45) is 0 Å². The van der Waals surface area contributed by atoms with E-state index in [4.69, 9.17) is 39.9 Å². The topological polar surface area (TPSA) is 111 Å². The second-order valence-corrected chi connectivity index (χ2v) is 6.61. The number of nitrogens with one attached hydrogen (secondary N) is 2. The number of aromatic carboxylic acids is 1. The molecule has 0 aliphatic carbocycles. The summed E-state index contributed by atoms with van der Waals surface area (Å²) < 4.78 is 0. The van der Waals surface area contributed by atoms with Gasteiger partial charge in [0.2, 0.25) is 5.28 Å². The molecule has 1 aliphatic rings. The number of anilines is 1. The van der Waals surface area contributed by atoms with Gasteiger partial charge in [-0.05, 0) is 18.5 Å². The maximum absolute atomic E-state index is 12.2. The van der Waals surface area contributed by atoms with Gasteiger partial charge in [-0.15, -0.1) is 0 Å². The Morgan fingerprint density at radius 1 is 1.28 bits per heavy atom. The largest absolute Gasteiger partial charge is 0.477 e. The molecule has 0 atom stereocenters. The van der Waals surface area contributed by atoms with Crippen molar-refractivity contribution < 1.29 is 14.7 Å². The first-order valence-electron chi connectivity index (χ1n) is 7.13. The van der Waals surface area contributed by atoms with Gasteiger partial charge in [0.1, 0.15) is 11.5 Å². The minimum absolute atomic E-state index is 0.145. The summed E-state index contributed by atoms with van der Waals surface area (Å²) in [5.41, 5.74) is 0.635. The van der Waals surface area contributed by atoms with Crippen molar-refractivity contribution in [3.63, 3.8) is 0 Å². The molecule has 0 spiro atoms. The molecule has 0 unspecified atom stereocenters. The van der Waals surface area contributed by atoms with Gasteiger partial charge in [0, 0.05) is 24.8 Å². The molecule has 3 N–H and O–H groups in total. The smallest absolute Gasteiger partial charge is 0.354 e. The maximum atomic E-state index is 12.2. The normalized spacial score (nSPS) is 14.3. The molecular weight excluding hydrogens is 393 g/mol. The molecule has 0 saturated carbocycles. The number of carbonyl (C=O) groups is 2. The third kappa shape index (κ3) is 3.51. The van der Waals surface area contributed by atoms with E-state index in [1.54, 1.807) is 11.8 Å². The number of carbonyl (C=O) groups excluding carboxylic acids is 1. The first kappa shape index (κ1) is 17.8. The van der Waals surface area contributed by atoms with E-state index in [0.717, 1.165) is 0 Å². The van der Waals surface area contributed by atoms with Crippen LogP contribution in [-0.2, 0) is 0 Å². The summed E-state index contributed by atoms with van der Waals surface area (Å²) in [5, 5.41) is 12.2. The fourth-order valence-electron chi connectivity index (χ4n) is 2.42. The number of amides is 1. The van der Waals surface area contributed by atoms with Crippen LogP contribution in [0.1, 0.15) is 26.7 Å². The Kier molecular flexibility index (Phi) is 4.77. The zero-order valence-corrected chi connectivity index (χ0v) is 15.1. The van der Waals surface area contributed by atoms with E-state index in [0.29, 0.717) is 29.6 Å². The number of nitrogens with zero attached hydrogens (tertiary/aromatic N) is 3. The molecule has 3 rings (SSSR count). The first-order chi connectivity index (χ1) is 11.8. The Balaban J connectivity index is 1.64. The number of halogens is 3. The van der Waals surface area contributed by atoms with Crippen molar-refractivity contribution in [1.29, 1.82) is 0 Å². The van der Waals surface area contributed by atoms with Crippen LogP contribution in [0.25, 0.3) is 0 Å². The number of hydrogen-bond donors (Lipinski definition) is 3. The van der Waals surface area contributed by atoms with Crippen LogP contribution in [0.4, 0.5) is 5.82 Å². The van der Waals surface area contributed by atoms with E-state index in [-0.39, 0.29) is 33.6 Å². The summed E-state index contributed by atoms with van der Waals surface area (Å²) in [6.07, 6.45) is 0. The SMILES string of the molecule is Cc1[nH]c(C(=O)NC2CN(c3cc(C(=O)O)nc(Cl)n3)C2)c(Cl)c1Cl. The fourth-order valence-corrected chi connectivity index (χ4v) is 3.01.